The summed E-state index contributed by atoms with van der Waals surface area (Å²) in [5.41, 5.74) is -1.13. The summed E-state index contributed by atoms with van der Waals surface area (Å²) in [4.78, 5) is 26.5. The van der Waals surface area contributed by atoms with Gasteiger partial charge in [0.2, 0.25) is 6.08 Å². The maximum absolute atomic E-state index is 12.1. The highest BCUT2D eigenvalue weighted by atomic mass is 32.2. The van der Waals surface area contributed by atoms with Crippen LogP contribution in [-0.4, -0.2) is 34.7 Å². The number of ether oxygens (including phenoxy) is 1. The molecule has 0 aromatic carbocycles. The summed E-state index contributed by atoms with van der Waals surface area (Å²) < 4.78 is 5.05. The van der Waals surface area contributed by atoms with Crippen LogP contribution in [0, 0.1) is 5.92 Å². The highest BCUT2D eigenvalue weighted by Gasteiger charge is 2.44. The molecule has 0 aliphatic rings. The van der Waals surface area contributed by atoms with Crippen molar-refractivity contribution in [3.05, 3.63) is 0 Å². The third kappa shape index (κ3) is 4.83. The SMILES string of the molecule is CCOC(=O)C(CSC(C)(C)C)(N=C=O)C(C)C. The lowest BCUT2D eigenvalue weighted by atomic mass is 9.89. The summed E-state index contributed by atoms with van der Waals surface area (Å²) >= 11 is 1.59. The van der Waals surface area contributed by atoms with Gasteiger partial charge < -0.3 is 4.74 Å². The number of hydrogen-bond donors (Lipinski definition) is 0. The lowest BCUT2D eigenvalue weighted by Crippen LogP contribution is -2.46. The molecule has 0 aliphatic heterocycles. The van der Waals surface area contributed by atoms with Gasteiger partial charge in [0.1, 0.15) is 0 Å². The Morgan fingerprint density at radius 1 is 1.39 bits per heavy atom. The van der Waals surface area contributed by atoms with E-state index in [4.69, 9.17) is 4.74 Å². The van der Waals surface area contributed by atoms with E-state index < -0.39 is 11.5 Å². The number of esters is 1. The average Bonchev–Trinajstić information content (AvgIpc) is 2.22. The number of aliphatic imine (C=N–C) groups is 1. The third-order valence-electron chi connectivity index (χ3n) is 2.55. The smallest absolute Gasteiger partial charge is 0.336 e. The van der Waals surface area contributed by atoms with E-state index in [0.29, 0.717) is 5.75 Å². The fourth-order valence-electron chi connectivity index (χ4n) is 1.33. The lowest BCUT2D eigenvalue weighted by molar-refractivity contribution is -0.150. The molecule has 18 heavy (non-hydrogen) atoms. The van der Waals surface area contributed by atoms with Crippen LogP contribution in [0.3, 0.4) is 0 Å². The van der Waals surface area contributed by atoms with Gasteiger partial charge in [0.25, 0.3) is 0 Å². The molecule has 0 aromatic heterocycles. The van der Waals surface area contributed by atoms with Crippen LogP contribution >= 0.6 is 11.8 Å². The molecule has 0 bridgehead atoms. The van der Waals surface area contributed by atoms with Gasteiger partial charge in [-0.15, -0.1) is 0 Å². The van der Waals surface area contributed by atoms with Crippen molar-refractivity contribution in [1.82, 2.24) is 0 Å². The molecule has 0 saturated carbocycles. The molecule has 0 spiro atoms. The van der Waals surface area contributed by atoms with E-state index >= 15 is 0 Å². The van der Waals surface area contributed by atoms with Crippen LogP contribution in [0.2, 0.25) is 0 Å². The van der Waals surface area contributed by atoms with Crippen molar-refractivity contribution in [2.45, 2.75) is 51.8 Å². The monoisotopic (exact) mass is 273 g/mol. The number of rotatable bonds is 6. The Labute approximate surface area is 114 Å². The zero-order chi connectivity index (χ0) is 14.4. The van der Waals surface area contributed by atoms with E-state index in [-0.39, 0.29) is 17.3 Å². The van der Waals surface area contributed by atoms with Gasteiger partial charge in [-0.1, -0.05) is 34.6 Å². The molecule has 0 fully saturated rings. The summed E-state index contributed by atoms with van der Waals surface area (Å²) in [7, 11) is 0. The first-order valence-corrected chi connectivity index (χ1v) is 7.08. The maximum Gasteiger partial charge on any atom is 0.336 e. The minimum absolute atomic E-state index is 0.00889. The Balaban J connectivity index is 5.23. The topological polar surface area (TPSA) is 55.7 Å². The van der Waals surface area contributed by atoms with Crippen LogP contribution in [0.1, 0.15) is 41.5 Å². The van der Waals surface area contributed by atoms with Crippen molar-refractivity contribution in [3.63, 3.8) is 0 Å². The van der Waals surface area contributed by atoms with Gasteiger partial charge in [-0.3, -0.25) is 0 Å². The van der Waals surface area contributed by atoms with Crippen molar-refractivity contribution < 1.29 is 14.3 Å². The van der Waals surface area contributed by atoms with Crippen molar-refractivity contribution in [2.75, 3.05) is 12.4 Å². The molecule has 0 heterocycles. The fourth-order valence-corrected chi connectivity index (χ4v) is 2.50. The van der Waals surface area contributed by atoms with Gasteiger partial charge in [0.05, 0.1) is 6.61 Å². The standard InChI is InChI=1S/C13H23NO3S/c1-7-17-11(16)13(10(2)3,14-9-15)8-18-12(4,5)6/h10H,7-8H2,1-6H3. The summed E-state index contributed by atoms with van der Waals surface area (Å²) in [5.74, 6) is -0.143. The summed E-state index contributed by atoms with van der Waals surface area (Å²) in [6.07, 6.45) is 1.53. The molecule has 0 rings (SSSR count). The number of carbonyl (C=O) groups is 1. The van der Waals surface area contributed by atoms with Crippen LogP contribution in [0.25, 0.3) is 0 Å². The second-order valence-electron chi connectivity index (χ2n) is 5.40. The Morgan fingerprint density at radius 2 is 1.94 bits per heavy atom. The molecule has 5 heteroatoms. The molecule has 0 amide bonds. The Morgan fingerprint density at radius 3 is 2.28 bits per heavy atom. The highest BCUT2D eigenvalue weighted by Crippen LogP contribution is 2.33. The first-order valence-electron chi connectivity index (χ1n) is 6.10. The summed E-state index contributed by atoms with van der Waals surface area (Å²) in [5, 5.41) is 0. The first kappa shape index (κ1) is 17.2. The van der Waals surface area contributed by atoms with Crippen LogP contribution in [-0.2, 0) is 14.3 Å². The van der Waals surface area contributed by atoms with Crippen molar-refractivity contribution in [3.8, 4) is 0 Å². The Bertz CT molecular complexity index is 330. The number of hydrogen-bond acceptors (Lipinski definition) is 5. The van der Waals surface area contributed by atoms with Gasteiger partial charge >= 0.3 is 5.97 Å². The van der Waals surface area contributed by atoms with Gasteiger partial charge in [-0.2, -0.15) is 16.8 Å². The van der Waals surface area contributed by atoms with E-state index in [1.165, 1.54) is 6.08 Å². The quantitative estimate of drug-likeness (QED) is 0.424. The third-order valence-corrected chi connectivity index (χ3v) is 4.00. The minimum atomic E-state index is -1.13. The van der Waals surface area contributed by atoms with E-state index in [1.807, 2.05) is 13.8 Å². The molecule has 0 aromatic rings. The second kappa shape index (κ2) is 6.95. The Hall–Kier alpha value is -0.800. The second-order valence-corrected chi connectivity index (χ2v) is 7.21. The summed E-state index contributed by atoms with van der Waals surface area (Å²) in [6.45, 7) is 11.9. The normalized spacial score (nSPS) is 14.8. The Kier molecular flexibility index (Phi) is 6.64. The molecule has 104 valence electrons. The zero-order valence-electron chi connectivity index (χ0n) is 12.1. The predicted molar refractivity (Wildman–Crippen MR) is 74.5 cm³/mol. The molecule has 0 radical (unpaired) electrons. The molecular weight excluding hydrogens is 250 g/mol. The van der Waals surface area contributed by atoms with Crippen LogP contribution in [0.5, 0.6) is 0 Å². The maximum atomic E-state index is 12.1. The van der Waals surface area contributed by atoms with E-state index in [1.54, 1.807) is 18.7 Å². The largest absolute Gasteiger partial charge is 0.464 e. The number of thioether (sulfide) groups is 1. The van der Waals surface area contributed by atoms with Gasteiger partial charge in [0, 0.05) is 10.5 Å². The van der Waals surface area contributed by atoms with Gasteiger partial charge in [-0.05, 0) is 12.8 Å². The predicted octanol–water partition coefficient (Wildman–Crippen LogP) is 2.81. The summed E-state index contributed by atoms with van der Waals surface area (Å²) in [6, 6.07) is 0. The van der Waals surface area contributed by atoms with Crippen LogP contribution < -0.4 is 0 Å². The van der Waals surface area contributed by atoms with Crippen molar-refractivity contribution >= 4 is 23.8 Å². The minimum Gasteiger partial charge on any atom is -0.464 e. The van der Waals surface area contributed by atoms with E-state index in [9.17, 15) is 9.59 Å². The van der Waals surface area contributed by atoms with E-state index in [2.05, 4.69) is 25.8 Å². The number of nitrogens with zero attached hydrogens (tertiary/aromatic N) is 1. The molecule has 4 nitrogen and oxygen atoms in total. The van der Waals surface area contributed by atoms with Gasteiger partial charge in [0.15, 0.2) is 5.54 Å². The lowest BCUT2D eigenvalue weighted by Gasteiger charge is -2.32. The highest BCUT2D eigenvalue weighted by molar-refractivity contribution is 8.00. The zero-order valence-corrected chi connectivity index (χ0v) is 12.9. The molecule has 0 aliphatic carbocycles. The van der Waals surface area contributed by atoms with Crippen molar-refractivity contribution in [1.29, 1.82) is 0 Å². The van der Waals surface area contributed by atoms with Crippen molar-refractivity contribution in [2.24, 2.45) is 10.9 Å². The van der Waals surface area contributed by atoms with Crippen LogP contribution in [0.4, 0.5) is 0 Å². The molecule has 1 atom stereocenters. The average molecular weight is 273 g/mol. The number of carbonyl (C=O) groups excluding carboxylic acids is 2. The molecule has 0 N–H and O–H groups in total. The van der Waals surface area contributed by atoms with Gasteiger partial charge in [-0.25, -0.2) is 9.59 Å². The number of isocyanates is 1. The molecule has 0 saturated heterocycles. The fraction of sp³-hybridized carbons (Fsp3) is 0.846. The molecular formula is C13H23NO3S. The first-order chi connectivity index (χ1) is 8.19. The molecule has 1 unspecified atom stereocenters. The van der Waals surface area contributed by atoms with E-state index in [0.717, 1.165) is 0 Å². The van der Waals surface area contributed by atoms with Crippen LogP contribution in [0.15, 0.2) is 4.99 Å².